The maximum atomic E-state index is 5.51. The summed E-state index contributed by atoms with van der Waals surface area (Å²) in [6, 6.07) is 13.3. The fourth-order valence-electron chi connectivity index (χ4n) is 3.26. The van der Waals surface area contributed by atoms with Crippen LogP contribution in [-0.4, -0.2) is 31.5 Å². The van der Waals surface area contributed by atoms with E-state index in [-0.39, 0.29) is 12.1 Å². The van der Waals surface area contributed by atoms with Gasteiger partial charge in [-0.25, -0.2) is 10.9 Å². The van der Waals surface area contributed by atoms with Crippen molar-refractivity contribution in [2.45, 2.75) is 18.5 Å². The van der Waals surface area contributed by atoms with Crippen LogP contribution in [0.1, 0.15) is 30.0 Å². The first-order valence-corrected chi connectivity index (χ1v) is 8.93. The van der Waals surface area contributed by atoms with Crippen molar-refractivity contribution in [3.8, 4) is 28.6 Å². The highest BCUT2D eigenvalue weighted by atomic mass is 16.5. The predicted octanol–water partition coefficient (Wildman–Crippen LogP) is 3.04. The van der Waals surface area contributed by atoms with Gasteiger partial charge in [0.25, 0.3) is 0 Å². The molecule has 0 bridgehead atoms. The molecular weight excluding hydrogens is 360 g/mol. The molecule has 0 saturated carbocycles. The fraction of sp³-hybridized carbons (Fsp3) is 0.300. The van der Waals surface area contributed by atoms with Gasteiger partial charge in [0.1, 0.15) is 23.3 Å². The van der Waals surface area contributed by atoms with Gasteiger partial charge in [-0.1, -0.05) is 11.2 Å². The summed E-state index contributed by atoms with van der Waals surface area (Å²) < 4.78 is 21.4. The minimum atomic E-state index is -0.101. The van der Waals surface area contributed by atoms with Crippen LogP contribution in [0.3, 0.4) is 0 Å². The summed E-state index contributed by atoms with van der Waals surface area (Å²) in [4.78, 5) is 4.54. The van der Waals surface area contributed by atoms with E-state index in [1.165, 1.54) is 0 Å². The monoisotopic (exact) mass is 382 g/mol. The number of rotatable bonds is 6. The van der Waals surface area contributed by atoms with Crippen molar-refractivity contribution in [1.82, 2.24) is 21.0 Å². The number of ether oxygens (including phenoxy) is 3. The molecule has 2 atom stereocenters. The Hall–Kier alpha value is -3.10. The van der Waals surface area contributed by atoms with Crippen molar-refractivity contribution in [2.75, 3.05) is 21.3 Å². The minimum Gasteiger partial charge on any atom is -0.497 e. The Kier molecular flexibility index (Phi) is 5.14. The summed E-state index contributed by atoms with van der Waals surface area (Å²) in [5, 5.41) is 4.10. The maximum Gasteiger partial charge on any atom is 0.245 e. The summed E-state index contributed by atoms with van der Waals surface area (Å²) >= 11 is 0. The van der Waals surface area contributed by atoms with Crippen LogP contribution in [0.15, 0.2) is 47.0 Å². The molecule has 28 heavy (non-hydrogen) atoms. The van der Waals surface area contributed by atoms with E-state index in [0.717, 1.165) is 34.8 Å². The molecule has 2 aromatic carbocycles. The van der Waals surface area contributed by atoms with Crippen molar-refractivity contribution in [1.29, 1.82) is 0 Å². The van der Waals surface area contributed by atoms with Gasteiger partial charge in [-0.2, -0.15) is 4.98 Å². The predicted molar refractivity (Wildman–Crippen MR) is 102 cm³/mol. The van der Waals surface area contributed by atoms with E-state index in [2.05, 4.69) is 21.0 Å². The molecule has 0 spiro atoms. The van der Waals surface area contributed by atoms with Crippen molar-refractivity contribution >= 4 is 0 Å². The van der Waals surface area contributed by atoms with Gasteiger partial charge in [0.05, 0.1) is 27.4 Å². The van der Waals surface area contributed by atoms with Gasteiger partial charge in [0.15, 0.2) is 0 Å². The van der Waals surface area contributed by atoms with Gasteiger partial charge in [-0.3, -0.25) is 0 Å². The number of methoxy groups -OCH3 is 3. The third kappa shape index (κ3) is 3.51. The van der Waals surface area contributed by atoms with Crippen LogP contribution in [0.2, 0.25) is 0 Å². The molecule has 1 aliphatic heterocycles. The molecule has 0 amide bonds. The number of hydrogen-bond acceptors (Lipinski definition) is 8. The second kappa shape index (κ2) is 7.87. The maximum absolute atomic E-state index is 5.51. The van der Waals surface area contributed by atoms with Gasteiger partial charge in [-0.15, -0.1) is 0 Å². The Morgan fingerprint density at radius 3 is 2.32 bits per heavy atom. The first-order chi connectivity index (χ1) is 13.7. The van der Waals surface area contributed by atoms with E-state index in [9.17, 15) is 0 Å². The molecule has 1 aromatic heterocycles. The van der Waals surface area contributed by atoms with Crippen molar-refractivity contribution in [3.63, 3.8) is 0 Å². The molecule has 1 saturated heterocycles. The van der Waals surface area contributed by atoms with Crippen LogP contribution in [0, 0.1) is 0 Å². The highest BCUT2D eigenvalue weighted by molar-refractivity contribution is 5.55. The number of nitrogens with zero attached hydrogens (tertiary/aromatic N) is 2. The summed E-state index contributed by atoms with van der Waals surface area (Å²) in [7, 11) is 4.92. The average Bonchev–Trinajstić information content (AvgIpc) is 3.43. The summed E-state index contributed by atoms with van der Waals surface area (Å²) in [6.45, 7) is 0. The largest absolute Gasteiger partial charge is 0.497 e. The normalized spacial score (nSPS) is 18.8. The van der Waals surface area contributed by atoms with Gasteiger partial charge in [-0.05, 0) is 36.8 Å². The Morgan fingerprint density at radius 2 is 1.61 bits per heavy atom. The molecule has 0 radical (unpaired) electrons. The minimum absolute atomic E-state index is 0.0437. The molecule has 2 N–H and O–H groups in total. The lowest BCUT2D eigenvalue weighted by Crippen LogP contribution is -2.27. The Bertz CT molecular complexity index is 942. The first-order valence-electron chi connectivity index (χ1n) is 8.93. The van der Waals surface area contributed by atoms with Gasteiger partial charge < -0.3 is 18.7 Å². The molecule has 2 heterocycles. The second-order valence-corrected chi connectivity index (χ2v) is 6.42. The van der Waals surface area contributed by atoms with E-state index in [0.29, 0.717) is 11.7 Å². The van der Waals surface area contributed by atoms with Crippen LogP contribution < -0.4 is 25.1 Å². The smallest absolute Gasteiger partial charge is 0.245 e. The standard InChI is InChI=1S/C20H22N4O4/c1-25-13-6-4-12(5-7-13)19-21-20(28-24-19)17-11-16(22-23-17)15-9-8-14(26-2)10-18(15)27-3/h4-10,16-17,22-23H,11H2,1-3H3. The van der Waals surface area contributed by atoms with Gasteiger partial charge >= 0.3 is 0 Å². The van der Waals surface area contributed by atoms with Gasteiger partial charge in [0, 0.05) is 17.2 Å². The highest BCUT2D eigenvalue weighted by Crippen LogP contribution is 2.36. The highest BCUT2D eigenvalue weighted by Gasteiger charge is 2.32. The fourth-order valence-corrected chi connectivity index (χ4v) is 3.26. The third-order valence-electron chi connectivity index (χ3n) is 4.81. The molecule has 0 aliphatic carbocycles. The summed E-state index contributed by atoms with van der Waals surface area (Å²) in [5.74, 6) is 3.39. The number of nitrogens with one attached hydrogen (secondary N) is 2. The quantitative estimate of drug-likeness (QED) is 0.672. The number of hydrazine groups is 1. The molecule has 4 rings (SSSR count). The topological polar surface area (TPSA) is 90.7 Å². The average molecular weight is 382 g/mol. The van der Waals surface area contributed by atoms with Crippen LogP contribution >= 0.6 is 0 Å². The van der Waals surface area contributed by atoms with Crippen LogP contribution in [0.4, 0.5) is 0 Å². The zero-order chi connectivity index (χ0) is 19.5. The van der Waals surface area contributed by atoms with Crippen molar-refractivity contribution in [2.24, 2.45) is 0 Å². The lowest BCUT2D eigenvalue weighted by molar-refractivity contribution is 0.340. The molecule has 8 nitrogen and oxygen atoms in total. The van der Waals surface area contributed by atoms with Crippen molar-refractivity contribution in [3.05, 3.63) is 53.9 Å². The lowest BCUT2D eigenvalue weighted by Gasteiger charge is -2.15. The first kappa shape index (κ1) is 18.3. The van der Waals surface area contributed by atoms with Crippen LogP contribution in [-0.2, 0) is 0 Å². The third-order valence-corrected chi connectivity index (χ3v) is 4.81. The molecule has 1 fully saturated rings. The second-order valence-electron chi connectivity index (χ2n) is 6.42. The van der Waals surface area contributed by atoms with Crippen LogP contribution in [0.5, 0.6) is 17.2 Å². The molecule has 3 aromatic rings. The number of aromatic nitrogens is 2. The zero-order valence-corrected chi connectivity index (χ0v) is 15.9. The Morgan fingerprint density at radius 1 is 0.893 bits per heavy atom. The van der Waals surface area contributed by atoms with Crippen LogP contribution in [0.25, 0.3) is 11.4 Å². The van der Waals surface area contributed by atoms with E-state index in [1.807, 2.05) is 42.5 Å². The van der Waals surface area contributed by atoms with Crippen molar-refractivity contribution < 1.29 is 18.7 Å². The Balaban J connectivity index is 1.49. The summed E-state index contributed by atoms with van der Waals surface area (Å²) in [6.07, 6.45) is 0.743. The SMILES string of the molecule is COc1ccc(-c2noc(C3CC(c4ccc(OC)cc4OC)NN3)n2)cc1. The number of hydrogen-bond donors (Lipinski definition) is 2. The van der Waals surface area contributed by atoms with Gasteiger partial charge in [0.2, 0.25) is 11.7 Å². The molecule has 146 valence electrons. The number of benzene rings is 2. The lowest BCUT2D eigenvalue weighted by atomic mass is 10.0. The zero-order valence-electron chi connectivity index (χ0n) is 15.9. The van der Waals surface area contributed by atoms with E-state index in [4.69, 9.17) is 18.7 Å². The van der Waals surface area contributed by atoms with E-state index in [1.54, 1.807) is 21.3 Å². The molecule has 8 heteroatoms. The summed E-state index contributed by atoms with van der Waals surface area (Å²) in [5.41, 5.74) is 8.42. The van der Waals surface area contributed by atoms with E-state index < -0.39 is 0 Å². The molecule has 1 aliphatic rings. The molecular formula is C20H22N4O4. The Labute approximate surface area is 162 Å². The molecule has 2 unspecified atom stereocenters. The van der Waals surface area contributed by atoms with E-state index >= 15 is 0 Å².